The van der Waals surface area contributed by atoms with Gasteiger partial charge in [-0.3, -0.25) is 4.79 Å². The summed E-state index contributed by atoms with van der Waals surface area (Å²) in [6, 6.07) is 30.0. The van der Waals surface area contributed by atoms with E-state index in [0.29, 0.717) is 0 Å². The molecule has 3 aromatic rings. The van der Waals surface area contributed by atoms with Gasteiger partial charge >= 0.3 is 0 Å². The van der Waals surface area contributed by atoms with Gasteiger partial charge in [-0.15, -0.1) is 0 Å². The topological polar surface area (TPSA) is 29.1 Å². The summed E-state index contributed by atoms with van der Waals surface area (Å²) < 4.78 is 0. The Morgan fingerprint density at radius 1 is 0.609 bits per heavy atom. The quantitative estimate of drug-likeness (QED) is 0.704. The summed E-state index contributed by atoms with van der Waals surface area (Å²) in [6.45, 7) is 1.85. The molecule has 0 aromatic heterocycles. The number of benzene rings is 3. The van der Waals surface area contributed by atoms with Crippen molar-refractivity contribution in [2.24, 2.45) is 0 Å². The predicted molar refractivity (Wildman–Crippen MR) is 95.3 cm³/mol. The van der Waals surface area contributed by atoms with Gasteiger partial charge < -0.3 is 5.32 Å². The summed E-state index contributed by atoms with van der Waals surface area (Å²) in [7, 11) is 0. The molecule has 0 atom stereocenters. The van der Waals surface area contributed by atoms with Crippen molar-refractivity contribution < 1.29 is 4.79 Å². The minimum absolute atomic E-state index is 0.729. The highest BCUT2D eigenvalue weighted by Gasteiger charge is 1.92. The van der Waals surface area contributed by atoms with Crippen LogP contribution in [0.25, 0.3) is 0 Å². The van der Waals surface area contributed by atoms with Crippen molar-refractivity contribution in [1.29, 1.82) is 0 Å². The number of carbonyl (C=O) groups is 1. The van der Waals surface area contributed by atoms with Crippen LogP contribution in [-0.4, -0.2) is 6.29 Å². The van der Waals surface area contributed by atoms with E-state index in [-0.39, 0.29) is 0 Å². The molecule has 0 aliphatic carbocycles. The summed E-state index contributed by atoms with van der Waals surface area (Å²) in [5, 5.41) is 3.42. The van der Waals surface area contributed by atoms with Crippen LogP contribution in [0.4, 0.5) is 0 Å². The second-order valence-electron chi connectivity index (χ2n) is 5.10. The molecular formula is C21H21NO. The fourth-order valence-corrected chi connectivity index (χ4v) is 2.07. The molecule has 23 heavy (non-hydrogen) atoms. The molecule has 116 valence electrons. The number of hydrogen-bond donors (Lipinski definition) is 1. The van der Waals surface area contributed by atoms with E-state index < -0.39 is 0 Å². The van der Waals surface area contributed by atoms with Crippen LogP contribution in [0.15, 0.2) is 91.0 Å². The highest BCUT2D eigenvalue weighted by Crippen LogP contribution is 2.00. The van der Waals surface area contributed by atoms with Crippen LogP contribution in [0, 0.1) is 0 Å². The first kappa shape index (κ1) is 16.7. The first-order chi connectivity index (χ1) is 11.4. The molecular weight excluding hydrogens is 282 g/mol. The molecule has 2 nitrogen and oxygen atoms in total. The van der Waals surface area contributed by atoms with Crippen LogP contribution in [-0.2, 0) is 13.1 Å². The fraction of sp³-hybridized carbons (Fsp3) is 0.0952. The Hall–Kier alpha value is -2.71. The first-order valence-corrected chi connectivity index (χ1v) is 7.67. The maximum absolute atomic E-state index is 10.0. The molecule has 0 fully saturated rings. The number of rotatable bonds is 5. The summed E-state index contributed by atoms with van der Waals surface area (Å²) >= 11 is 0. The van der Waals surface area contributed by atoms with E-state index in [1.165, 1.54) is 11.1 Å². The van der Waals surface area contributed by atoms with Crippen molar-refractivity contribution in [1.82, 2.24) is 5.32 Å². The molecule has 0 saturated carbocycles. The Morgan fingerprint density at radius 2 is 1.00 bits per heavy atom. The Balaban J connectivity index is 0.000000203. The number of nitrogens with one attached hydrogen (secondary N) is 1. The van der Waals surface area contributed by atoms with Gasteiger partial charge in [0.2, 0.25) is 0 Å². The van der Waals surface area contributed by atoms with E-state index in [1.54, 1.807) is 12.1 Å². The van der Waals surface area contributed by atoms with Gasteiger partial charge in [0.05, 0.1) is 0 Å². The molecule has 3 aromatic carbocycles. The molecule has 0 radical (unpaired) electrons. The second-order valence-corrected chi connectivity index (χ2v) is 5.10. The van der Waals surface area contributed by atoms with Crippen LogP contribution < -0.4 is 5.32 Å². The van der Waals surface area contributed by atoms with E-state index in [9.17, 15) is 4.79 Å². The van der Waals surface area contributed by atoms with E-state index in [1.807, 2.05) is 30.3 Å². The van der Waals surface area contributed by atoms with Crippen molar-refractivity contribution in [3.05, 3.63) is 108 Å². The number of aldehydes is 1. The van der Waals surface area contributed by atoms with Gasteiger partial charge in [-0.25, -0.2) is 0 Å². The van der Waals surface area contributed by atoms with Crippen molar-refractivity contribution in [3.8, 4) is 0 Å². The number of hydrogen-bond acceptors (Lipinski definition) is 2. The van der Waals surface area contributed by atoms with Gasteiger partial charge in [0.25, 0.3) is 0 Å². The average Bonchev–Trinajstić information content (AvgIpc) is 2.65. The molecule has 2 heteroatoms. The average molecular weight is 303 g/mol. The van der Waals surface area contributed by atoms with Gasteiger partial charge in [0, 0.05) is 18.7 Å². The molecule has 3 rings (SSSR count). The van der Waals surface area contributed by atoms with E-state index in [2.05, 4.69) is 53.8 Å². The minimum Gasteiger partial charge on any atom is -0.309 e. The van der Waals surface area contributed by atoms with Crippen molar-refractivity contribution in [3.63, 3.8) is 0 Å². The van der Waals surface area contributed by atoms with Crippen molar-refractivity contribution in [2.75, 3.05) is 0 Å². The molecule has 1 N–H and O–H groups in total. The monoisotopic (exact) mass is 303 g/mol. The molecule has 0 unspecified atom stereocenters. The summed E-state index contributed by atoms with van der Waals surface area (Å²) in [6.07, 6.45) is 0.833. The highest BCUT2D eigenvalue weighted by molar-refractivity contribution is 5.74. The van der Waals surface area contributed by atoms with Gasteiger partial charge in [0.15, 0.2) is 0 Å². The van der Waals surface area contributed by atoms with Crippen LogP contribution >= 0.6 is 0 Å². The van der Waals surface area contributed by atoms with E-state index in [0.717, 1.165) is 24.9 Å². The molecule has 0 amide bonds. The lowest BCUT2D eigenvalue weighted by Gasteiger charge is -2.04. The fourth-order valence-electron chi connectivity index (χ4n) is 2.07. The smallest absolute Gasteiger partial charge is 0.150 e. The minimum atomic E-state index is 0.729. The van der Waals surface area contributed by atoms with E-state index in [4.69, 9.17) is 0 Å². The molecule has 0 heterocycles. The Labute approximate surface area is 137 Å². The molecule has 0 bridgehead atoms. The SMILES string of the molecule is O=Cc1ccccc1.c1ccc(CNCc2ccccc2)cc1. The van der Waals surface area contributed by atoms with Crippen molar-refractivity contribution in [2.45, 2.75) is 13.1 Å². The Bertz CT molecular complexity index is 626. The summed E-state index contributed by atoms with van der Waals surface area (Å²) in [4.78, 5) is 10.0. The van der Waals surface area contributed by atoms with Gasteiger partial charge in [-0.2, -0.15) is 0 Å². The zero-order valence-electron chi connectivity index (χ0n) is 13.1. The second kappa shape index (κ2) is 10.1. The first-order valence-electron chi connectivity index (χ1n) is 7.67. The third kappa shape index (κ3) is 6.72. The van der Waals surface area contributed by atoms with Crippen LogP contribution in [0.3, 0.4) is 0 Å². The number of carbonyl (C=O) groups excluding carboxylic acids is 1. The highest BCUT2D eigenvalue weighted by atomic mass is 16.1. The zero-order valence-corrected chi connectivity index (χ0v) is 13.1. The van der Waals surface area contributed by atoms with Gasteiger partial charge in [-0.05, 0) is 11.1 Å². The third-order valence-corrected chi connectivity index (χ3v) is 3.28. The van der Waals surface area contributed by atoms with Crippen LogP contribution in [0.2, 0.25) is 0 Å². The largest absolute Gasteiger partial charge is 0.309 e. The molecule has 0 aliphatic heterocycles. The van der Waals surface area contributed by atoms with Crippen molar-refractivity contribution >= 4 is 6.29 Å². The van der Waals surface area contributed by atoms with Gasteiger partial charge in [-0.1, -0.05) is 91.0 Å². The lowest BCUT2D eigenvalue weighted by atomic mass is 10.2. The normalized spacial score (nSPS) is 9.57. The maximum atomic E-state index is 10.0. The van der Waals surface area contributed by atoms with Crippen LogP contribution in [0.1, 0.15) is 21.5 Å². The van der Waals surface area contributed by atoms with Gasteiger partial charge in [0.1, 0.15) is 6.29 Å². The third-order valence-electron chi connectivity index (χ3n) is 3.28. The Morgan fingerprint density at radius 3 is 1.35 bits per heavy atom. The predicted octanol–water partition coefficient (Wildman–Crippen LogP) is 4.48. The zero-order chi connectivity index (χ0) is 16.2. The molecule has 0 spiro atoms. The maximum Gasteiger partial charge on any atom is 0.150 e. The van der Waals surface area contributed by atoms with Crippen LogP contribution in [0.5, 0.6) is 0 Å². The Kier molecular flexibility index (Phi) is 7.31. The lowest BCUT2D eigenvalue weighted by molar-refractivity contribution is 0.112. The molecule has 0 saturated heterocycles. The van der Waals surface area contributed by atoms with E-state index >= 15 is 0 Å². The summed E-state index contributed by atoms with van der Waals surface area (Å²) in [5.74, 6) is 0. The molecule has 0 aliphatic rings. The standard InChI is InChI=1S/C14H15N.C7H6O/c1-3-7-13(8-4-1)11-15-12-14-9-5-2-6-10-14;8-6-7-4-2-1-3-5-7/h1-10,15H,11-12H2;1-6H. The summed E-state index contributed by atoms with van der Waals surface area (Å²) in [5.41, 5.74) is 3.38. The lowest BCUT2D eigenvalue weighted by Crippen LogP contribution is -2.12.